The maximum absolute atomic E-state index is 13.0. The van der Waals surface area contributed by atoms with E-state index in [0.717, 1.165) is 11.4 Å². The Labute approximate surface area is 175 Å². The predicted octanol–water partition coefficient (Wildman–Crippen LogP) is 3.33. The van der Waals surface area contributed by atoms with Crippen molar-refractivity contribution in [1.29, 1.82) is 0 Å². The molecule has 2 heterocycles. The van der Waals surface area contributed by atoms with E-state index in [-0.39, 0.29) is 24.1 Å². The lowest BCUT2D eigenvalue weighted by molar-refractivity contribution is -0.113. The molecule has 0 saturated heterocycles. The molecule has 0 fully saturated rings. The normalized spacial score (nSPS) is 10.7. The van der Waals surface area contributed by atoms with E-state index < -0.39 is 0 Å². The van der Waals surface area contributed by atoms with Crippen LogP contribution in [-0.4, -0.2) is 36.6 Å². The number of hydrogen-bond donors (Lipinski definition) is 1. The molecule has 3 rings (SSSR count). The lowest BCUT2D eigenvalue weighted by Gasteiger charge is -2.09. The molecule has 1 aromatic carbocycles. The van der Waals surface area contributed by atoms with Crippen molar-refractivity contribution in [2.75, 3.05) is 11.1 Å². The molecule has 11 heteroatoms. The number of halogens is 1. The Balaban J connectivity index is 1.59. The summed E-state index contributed by atoms with van der Waals surface area (Å²) >= 11 is 2.61. The highest BCUT2D eigenvalue weighted by molar-refractivity contribution is 7.99. The van der Waals surface area contributed by atoms with Crippen LogP contribution in [0.15, 0.2) is 42.1 Å². The fourth-order valence-corrected chi connectivity index (χ4v) is 3.72. The number of benzene rings is 1. The highest BCUT2D eigenvalue weighted by atomic mass is 32.2. The van der Waals surface area contributed by atoms with Gasteiger partial charge in [-0.15, -0.1) is 27.0 Å². The summed E-state index contributed by atoms with van der Waals surface area (Å²) in [6, 6.07) is 5.73. The third-order valence-electron chi connectivity index (χ3n) is 3.63. The Morgan fingerprint density at radius 1 is 1.31 bits per heavy atom. The van der Waals surface area contributed by atoms with E-state index in [9.17, 15) is 9.18 Å². The van der Waals surface area contributed by atoms with Gasteiger partial charge in [0, 0.05) is 6.54 Å². The number of allylic oxidation sites excluding steroid dienone is 1. The molecule has 0 aliphatic rings. The molecule has 0 aliphatic heterocycles. The SMILES string of the molecule is C=CCn1c(COc2ccc(F)cc2)nnc1SCC(=O)Nc1nnc(CC)s1. The van der Waals surface area contributed by atoms with E-state index in [1.165, 1.54) is 35.2 Å². The summed E-state index contributed by atoms with van der Waals surface area (Å²) in [5, 5.41) is 20.8. The summed E-state index contributed by atoms with van der Waals surface area (Å²) in [7, 11) is 0. The number of nitrogens with zero attached hydrogens (tertiary/aromatic N) is 5. The molecule has 3 aromatic rings. The van der Waals surface area contributed by atoms with Crippen LogP contribution in [0.3, 0.4) is 0 Å². The van der Waals surface area contributed by atoms with E-state index in [4.69, 9.17) is 4.74 Å². The lowest BCUT2D eigenvalue weighted by Crippen LogP contribution is -2.15. The second-order valence-corrected chi connectivity index (χ2v) is 7.74. The van der Waals surface area contributed by atoms with Crippen molar-refractivity contribution in [1.82, 2.24) is 25.0 Å². The molecule has 152 valence electrons. The third kappa shape index (κ3) is 5.84. The average Bonchev–Trinajstić information content (AvgIpc) is 3.33. The summed E-state index contributed by atoms with van der Waals surface area (Å²) in [5.74, 6) is 0.718. The minimum absolute atomic E-state index is 0.148. The molecule has 0 aliphatic carbocycles. The van der Waals surface area contributed by atoms with E-state index in [1.54, 1.807) is 18.2 Å². The van der Waals surface area contributed by atoms with Crippen molar-refractivity contribution < 1.29 is 13.9 Å². The van der Waals surface area contributed by atoms with Crippen molar-refractivity contribution in [2.24, 2.45) is 0 Å². The van der Waals surface area contributed by atoms with Crippen molar-refractivity contribution in [3.05, 3.63) is 53.6 Å². The molecule has 2 aromatic heterocycles. The monoisotopic (exact) mass is 434 g/mol. The summed E-state index contributed by atoms with van der Waals surface area (Å²) in [6.45, 7) is 6.35. The number of anilines is 1. The van der Waals surface area contributed by atoms with Crippen LogP contribution >= 0.6 is 23.1 Å². The fraction of sp³-hybridized carbons (Fsp3) is 0.278. The molecule has 29 heavy (non-hydrogen) atoms. The number of aromatic nitrogens is 5. The second kappa shape index (κ2) is 10.1. The van der Waals surface area contributed by atoms with Gasteiger partial charge in [-0.2, -0.15) is 0 Å². The van der Waals surface area contributed by atoms with E-state index in [2.05, 4.69) is 32.3 Å². The molecule has 1 N–H and O–H groups in total. The summed E-state index contributed by atoms with van der Waals surface area (Å²) in [4.78, 5) is 12.2. The molecule has 0 saturated carbocycles. The number of thioether (sulfide) groups is 1. The van der Waals surface area contributed by atoms with Crippen molar-refractivity contribution in [3.8, 4) is 5.75 Å². The average molecular weight is 435 g/mol. The molecule has 0 atom stereocenters. The highest BCUT2D eigenvalue weighted by Gasteiger charge is 2.15. The van der Waals surface area contributed by atoms with Gasteiger partial charge in [-0.25, -0.2) is 4.39 Å². The Kier molecular flexibility index (Phi) is 7.30. The minimum atomic E-state index is -0.330. The number of carbonyl (C=O) groups is 1. The fourth-order valence-electron chi connectivity index (χ4n) is 2.26. The summed E-state index contributed by atoms with van der Waals surface area (Å²) in [5.41, 5.74) is 0. The van der Waals surface area contributed by atoms with Crippen LogP contribution in [0.4, 0.5) is 9.52 Å². The minimum Gasteiger partial charge on any atom is -0.486 e. The van der Waals surface area contributed by atoms with Gasteiger partial charge in [0.25, 0.3) is 0 Å². The first-order chi connectivity index (χ1) is 14.1. The van der Waals surface area contributed by atoms with Crippen LogP contribution in [-0.2, 0) is 24.4 Å². The van der Waals surface area contributed by atoms with Crippen LogP contribution in [0.1, 0.15) is 17.8 Å². The van der Waals surface area contributed by atoms with Gasteiger partial charge >= 0.3 is 0 Å². The van der Waals surface area contributed by atoms with Gasteiger partial charge in [-0.3, -0.25) is 14.7 Å². The Hall–Kier alpha value is -2.79. The zero-order chi connectivity index (χ0) is 20.6. The van der Waals surface area contributed by atoms with Crippen LogP contribution in [0.25, 0.3) is 0 Å². The van der Waals surface area contributed by atoms with E-state index in [1.807, 2.05) is 11.5 Å². The molecule has 1 amide bonds. The Morgan fingerprint density at radius 3 is 2.79 bits per heavy atom. The standard InChI is InChI=1S/C18H19FN6O2S2/c1-3-9-25-14(10-27-13-7-5-12(19)6-8-13)21-24-18(25)28-11-15(26)20-17-23-22-16(4-2)29-17/h3,5-8H,1,4,9-11H2,2H3,(H,20,23,26). The number of carbonyl (C=O) groups excluding carboxylic acids is 1. The maximum Gasteiger partial charge on any atom is 0.236 e. The number of rotatable bonds is 10. The van der Waals surface area contributed by atoms with E-state index >= 15 is 0 Å². The molecular weight excluding hydrogens is 415 g/mol. The van der Waals surface area contributed by atoms with E-state index in [0.29, 0.717) is 28.4 Å². The maximum atomic E-state index is 13.0. The molecular formula is C18H19FN6O2S2. The van der Waals surface area contributed by atoms with Crippen LogP contribution < -0.4 is 10.1 Å². The summed E-state index contributed by atoms with van der Waals surface area (Å²) in [6.07, 6.45) is 2.48. The largest absolute Gasteiger partial charge is 0.486 e. The molecule has 0 unspecified atom stereocenters. The predicted molar refractivity (Wildman–Crippen MR) is 110 cm³/mol. The number of hydrogen-bond acceptors (Lipinski definition) is 8. The quantitative estimate of drug-likeness (QED) is 0.386. The van der Waals surface area contributed by atoms with Crippen molar-refractivity contribution in [2.45, 2.75) is 31.7 Å². The molecule has 0 spiro atoms. The third-order valence-corrected chi connectivity index (χ3v) is 5.58. The van der Waals surface area contributed by atoms with Crippen LogP contribution in [0.5, 0.6) is 5.75 Å². The van der Waals surface area contributed by atoms with Crippen molar-refractivity contribution in [3.63, 3.8) is 0 Å². The van der Waals surface area contributed by atoms with Gasteiger partial charge < -0.3 is 4.74 Å². The van der Waals surface area contributed by atoms with Crippen LogP contribution in [0, 0.1) is 5.82 Å². The number of nitrogens with one attached hydrogen (secondary N) is 1. The lowest BCUT2D eigenvalue weighted by atomic mass is 10.3. The molecule has 8 nitrogen and oxygen atoms in total. The summed E-state index contributed by atoms with van der Waals surface area (Å²) < 4.78 is 20.4. The number of aryl methyl sites for hydroxylation is 1. The van der Waals surface area contributed by atoms with Gasteiger partial charge in [-0.1, -0.05) is 36.1 Å². The van der Waals surface area contributed by atoms with Gasteiger partial charge in [0.2, 0.25) is 11.0 Å². The van der Waals surface area contributed by atoms with Gasteiger partial charge in [0.15, 0.2) is 11.0 Å². The first-order valence-electron chi connectivity index (χ1n) is 8.75. The Morgan fingerprint density at radius 2 is 2.10 bits per heavy atom. The zero-order valence-corrected chi connectivity index (χ0v) is 17.3. The first kappa shape index (κ1) is 20.9. The topological polar surface area (TPSA) is 94.8 Å². The molecule has 0 bridgehead atoms. The highest BCUT2D eigenvalue weighted by Crippen LogP contribution is 2.20. The Bertz CT molecular complexity index is 973. The smallest absolute Gasteiger partial charge is 0.236 e. The van der Waals surface area contributed by atoms with Crippen molar-refractivity contribution >= 4 is 34.1 Å². The van der Waals surface area contributed by atoms with Gasteiger partial charge in [0.1, 0.15) is 23.2 Å². The number of ether oxygens (including phenoxy) is 1. The van der Waals surface area contributed by atoms with Crippen LogP contribution in [0.2, 0.25) is 0 Å². The number of amides is 1. The molecule has 0 radical (unpaired) electrons. The van der Waals surface area contributed by atoms with Gasteiger partial charge in [-0.05, 0) is 30.7 Å². The zero-order valence-electron chi connectivity index (χ0n) is 15.7. The van der Waals surface area contributed by atoms with Gasteiger partial charge in [0.05, 0.1) is 5.75 Å². The first-order valence-corrected chi connectivity index (χ1v) is 10.6. The second-order valence-electron chi connectivity index (χ2n) is 5.73.